The lowest BCUT2D eigenvalue weighted by atomic mass is 9.96. The van der Waals surface area contributed by atoms with Gasteiger partial charge in [0.2, 0.25) is 11.8 Å². The van der Waals surface area contributed by atoms with Crippen LogP contribution in [0.3, 0.4) is 0 Å². The van der Waals surface area contributed by atoms with Crippen molar-refractivity contribution in [1.82, 2.24) is 14.5 Å². The van der Waals surface area contributed by atoms with Crippen molar-refractivity contribution in [2.75, 3.05) is 13.1 Å². The number of hydrogen-bond donors (Lipinski definition) is 1. The van der Waals surface area contributed by atoms with E-state index in [1.54, 1.807) is 11.8 Å². The van der Waals surface area contributed by atoms with Gasteiger partial charge < -0.3 is 15.2 Å². The lowest BCUT2D eigenvalue weighted by molar-refractivity contribution is -0.137. The lowest BCUT2D eigenvalue weighted by Crippen LogP contribution is -2.44. The summed E-state index contributed by atoms with van der Waals surface area (Å²) in [4.78, 5) is 30.6. The Labute approximate surface area is 199 Å². The molecule has 0 bridgehead atoms. The summed E-state index contributed by atoms with van der Waals surface area (Å²) in [6.45, 7) is 3.08. The highest BCUT2D eigenvalue weighted by molar-refractivity contribution is 8.00. The third kappa shape index (κ3) is 5.22. The van der Waals surface area contributed by atoms with E-state index in [4.69, 9.17) is 5.73 Å². The molecule has 2 amide bonds. The van der Waals surface area contributed by atoms with E-state index in [9.17, 15) is 22.8 Å². The molecule has 1 aliphatic rings. The Morgan fingerprint density at radius 1 is 1.15 bits per heavy atom. The largest absolute Gasteiger partial charge is 0.416 e. The standard InChI is InChI=1S/C24H25F3N4O2S/c1-15(22(33)30-11-9-17(10-12-30)21(28)32)34-23-29-19-13-18(24(25,26)27)7-8-20(19)31(23)14-16-5-3-2-4-6-16/h2-8,13,15,17H,9-12,14H2,1H3,(H2,28,32). The van der Waals surface area contributed by atoms with Crippen LogP contribution in [0.15, 0.2) is 53.7 Å². The van der Waals surface area contributed by atoms with E-state index in [1.165, 1.54) is 17.8 Å². The summed E-state index contributed by atoms with van der Waals surface area (Å²) in [6.07, 6.45) is -3.40. The Hall–Kier alpha value is -3.01. The van der Waals surface area contributed by atoms with Crippen LogP contribution >= 0.6 is 11.8 Å². The quantitative estimate of drug-likeness (QED) is 0.522. The number of thioether (sulfide) groups is 1. The SMILES string of the molecule is CC(Sc1nc2cc(C(F)(F)F)ccc2n1Cc1ccccc1)C(=O)N1CCC(C(N)=O)CC1. The van der Waals surface area contributed by atoms with E-state index in [1.807, 2.05) is 34.9 Å². The number of imidazole rings is 1. The zero-order valence-electron chi connectivity index (χ0n) is 18.6. The maximum Gasteiger partial charge on any atom is 0.416 e. The van der Waals surface area contributed by atoms with Crippen molar-refractivity contribution in [3.05, 3.63) is 59.7 Å². The Balaban J connectivity index is 1.60. The van der Waals surface area contributed by atoms with Crippen molar-refractivity contribution in [3.63, 3.8) is 0 Å². The first-order chi connectivity index (χ1) is 16.1. The molecule has 0 saturated carbocycles. The van der Waals surface area contributed by atoms with Gasteiger partial charge in [-0.05, 0) is 43.5 Å². The number of rotatable bonds is 6. The number of carbonyl (C=O) groups is 2. The van der Waals surface area contributed by atoms with Crippen molar-refractivity contribution >= 4 is 34.6 Å². The van der Waals surface area contributed by atoms with Crippen molar-refractivity contribution in [2.45, 2.75) is 42.9 Å². The summed E-state index contributed by atoms with van der Waals surface area (Å²) in [5, 5.41) is -0.0235. The van der Waals surface area contributed by atoms with E-state index in [0.29, 0.717) is 43.1 Å². The summed E-state index contributed by atoms with van der Waals surface area (Å²) < 4.78 is 41.6. The molecule has 0 radical (unpaired) electrons. The topological polar surface area (TPSA) is 81.2 Å². The molecule has 2 aromatic carbocycles. The second-order valence-electron chi connectivity index (χ2n) is 8.43. The van der Waals surface area contributed by atoms with Crippen LogP contribution in [0.1, 0.15) is 30.9 Å². The number of aromatic nitrogens is 2. The van der Waals surface area contributed by atoms with E-state index in [0.717, 1.165) is 17.7 Å². The van der Waals surface area contributed by atoms with E-state index >= 15 is 0 Å². The molecule has 1 unspecified atom stereocenters. The number of likely N-dealkylation sites (tertiary alicyclic amines) is 1. The fourth-order valence-electron chi connectivity index (χ4n) is 4.14. The number of primary amides is 1. The summed E-state index contributed by atoms with van der Waals surface area (Å²) >= 11 is 1.23. The summed E-state index contributed by atoms with van der Waals surface area (Å²) in [7, 11) is 0. The van der Waals surface area contributed by atoms with Gasteiger partial charge in [-0.15, -0.1) is 0 Å². The van der Waals surface area contributed by atoms with Crippen molar-refractivity contribution in [2.24, 2.45) is 11.7 Å². The van der Waals surface area contributed by atoms with Crippen LogP contribution in [0.25, 0.3) is 11.0 Å². The Morgan fingerprint density at radius 2 is 1.82 bits per heavy atom. The Bertz CT molecular complexity index is 1190. The first-order valence-corrected chi connectivity index (χ1v) is 11.9. The summed E-state index contributed by atoms with van der Waals surface area (Å²) in [5.74, 6) is -0.658. The molecule has 1 fully saturated rings. The number of alkyl halides is 3. The molecule has 10 heteroatoms. The molecule has 4 rings (SSSR count). The monoisotopic (exact) mass is 490 g/mol. The van der Waals surface area contributed by atoms with Gasteiger partial charge in [0.25, 0.3) is 0 Å². The maximum absolute atomic E-state index is 13.3. The average Bonchev–Trinajstić information content (AvgIpc) is 3.14. The number of nitrogens with two attached hydrogens (primary N) is 1. The minimum atomic E-state index is -4.47. The highest BCUT2D eigenvalue weighted by Gasteiger charge is 2.32. The Kier molecular flexibility index (Phi) is 6.88. The molecule has 2 N–H and O–H groups in total. The third-order valence-corrected chi connectivity index (χ3v) is 7.14. The number of carbonyl (C=O) groups excluding carboxylic acids is 2. The lowest BCUT2D eigenvalue weighted by Gasteiger charge is -2.32. The molecule has 2 heterocycles. The van der Waals surface area contributed by atoms with Crippen LogP contribution in [-0.2, 0) is 22.3 Å². The van der Waals surface area contributed by atoms with E-state index in [-0.39, 0.29) is 23.2 Å². The van der Waals surface area contributed by atoms with Crippen molar-refractivity contribution in [1.29, 1.82) is 0 Å². The molecule has 1 saturated heterocycles. The molecule has 1 aliphatic heterocycles. The van der Waals surface area contributed by atoms with Crippen LogP contribution in [0.5, 0.6) is 0 Å². The first-order valence-electron chi connectivity index (χ1n) is 11.0. The van der Waals surface area contributed by atoms with Gasteiger partial charge in [0.1, 0.15) is 0 Å². The minimum absolute atomic E-state index is 0.0952. The number of halogens is 3. The highest BCUT2D eigenvalue weighted by Crippen LogP contribution is 2.34. The van der Waals surface area contributed by atoms with E-state index in [2.05, 4.69) is 4.98 Å². The number of nitrogens with zero attached hydrogens (tertiary/aromatic N) is 3. The van der Waals surface area contributed by atoms with Gasteiger partial charge in [-0.3, -0.25) is 9.59 Å². The second kappa shape index (κ2) is 9.69. The molecule has 3 aromatic rings. The number of hydrogen-bond acceptors (Lipinski definition) is 4. The third-order valence-electron chi connectivity index (χ3n) is 6.06. The predicted molar refractivity (Wildman–Crippen MR) is 124 cm³/mol. The zero-order valence-corrected chi connectivity index (χ0v) is 19.4. The normalized spacial score (nSPS) is 16.1. The molecule has 180 valence electrons. The molecule has 0 aliphatic carbocycles. The number of amides is 2. The Morgan fingerprint density at radius 3 is 2.44 bits per heavy atom. The smallest absolute Gasteiger partial charge is 0.369 e. The van der Waals surface area contributed by atoms with Crippen LogP contribution in [0.4, 0.5) is 13.2 Å². The fourth-order valence-corrected chi connectivity index (χ4v) is 5.15. The van der Waals surface area contributed by atoms with Crippen molar-refractivity contribution < 1.29 is 22.8 Å². The van der Waals surface area contributed by atoms with Gasteiger partial charge in [-0.2, -0.15) is 13.2 Å². The minimum Gasteiger partial charge on any atom is -0.369 e. The van der Waals surface area contributed by atoms with Gasteiger partial charge in [0.05, 0.1) is 28.4 Å². The van der Waals surface area contributed by atoms with Gasteiger partial charge in [-0.25, -0.2) is 4.98 Å². The molecule has 0 spiro atoms. The van der Waals surface area contributed by atoms with Crippen LogP contribution in [0.2, 0.25) is 0 Å². The molecule has 6 nitrogen and oxygen atoms in total. The molecule has 1 aromatic heterocycles. The van der Waals surface area contributed by atoms with E-state index < -0.39 is 17.0 Å². The first kappa shape index (κ1) is 24.1. The van der Waals surface area contributed by atoms with Crippen LogP contribution in [0, 0.1) is 5.92 Å². The predicted octanol–water partition coefficient (Wildman–Crippen LogP) is 4.31. The zero-order chi connectivity index (χ0) is 24.5. The number of piperidine rings is 1. The number of fused-ring (bicyclic) bond motifs is 1. The summed E-state index contributed by atoms with van der Waals surface area (Å²) in [5.41, 5.74) is 6.39. The maximum atomic E-state index is 13.3. The molecular formula is C24H25F3N4O2S. The van der Waals surface area contributed by atoms with Gasteiger partial charge in [0.15, 0.2) is 5.16 Å². The number of benzene rings is 2. The molecular weight excluding hydrogens is 465 g/mol. The van der Waals surface area contributed by atoms with Gasteiger partial charge in [0, 0.05) is 19.0 Å². The van der Waals surface area contributed by atoms with Gasteiger partial charge in [-0.1, -0.05) is 42.1 Å². The fraction of sp³-hybridized carbons (Fsp3) is 0.375. The van der Waals surface area contributed by atoms with Crippen LogP contribution in [-0.4, -0.2) is 44.6 Å². The molecule has 34 heavy (non-hydrogen) atoms. The average molecular weight is 491 g/mol. The van der Waals surface area contributed by atoms with Crippen molar-refractivity contribution in [3.8, 4) is 0 Å². The second-order valence-corrected chi connectivity index (χ2v) is 9.74. The summed E-state index contributed by atoms with van der Waals surface area (Å²) in [6, 6.07) is 13.1. The highest BCUT2D eigenvalue weighted by atomic mass is 32.2. The van der Waals surface area contributed by atoms with Crippen LogP contribution < -0.4 is 5.73 Å². The molecule has 1 atom stereocenters. The van der Waals surface area contributed by atoms with Gasteiger partial charge >= 0.3 is 6.18 Å².